The Bertz CT molecular complexity index is 2610. The van der Waals surface area contributed by atoms with Gasteiger partial charge in [-0.05, 0) is 90.4 Å². The molecule has 0 amide bonds. The second-order valence-electron chi connectivity index (χ2n) is 13.4. The Kier molecular flexibility index (Phi) is 6.75. The van der Waals surface area contributed by atoms with Gasteiger partial charge in [0.15, 0.2) is 0 Å². The SMILES string of the molecule is C=Cc1c(/C=C\C)n(-c2cccc3c2-c2ccc(N(c4ccccc4)c4ccc5sc6ccccc6c5c4)cc2C3(C)C)c2ccccc12. The first-order chi connectivity index (χ1) is 24.0. The van der Waals surface area contributed by atoms with Crippen LogP contribution >= 0.6 is 11.3 Å². The van der Waals surface area contributed by atoms with Crippen LogP contribution < -0.4 is 4.90 Å². The van der Waals surface area contributed by atoms with Crippen LogP contribution in [0.5, 0.6) is 0 Å². The van der Waals surface area contributed by atoms with Crippen LogP contribution in [0.4, 0.5) is 17.1 Å². The van der Waals surface area contributed by atoms with Crippen LogP contribution in [0.3, 0.4) is 0 Å². The average molecular weight is 649 g/mol. The molecule has 2 aromatic heterocycles. The Balaban J connectivity index is 1.26. The van der Waals surface area contributed by atoms with Crippen molar-refractivity contribution in [2.45, 2.75) is 26.2 Å². The lowest BCUT2D eigenvalue weighted by molar-refractivity contribution is 0.660. The summed E-state index contributed by atoms with van der Waals surface area (Å²) in [4.78, 5) is 2.41. The molecule has 0 atom stereocenters. The molecule has 0 bridgehead atoms. The average Bonchev–Trinajstić information content (AvgIpc) is 3.74. The molecule has 1 aliphatic rings. The van der Waals surface area contributed by atoms with Gasteiger partial charge in [-0.2, -0.15) is 0 Å². The maximum absolute atomic E-state index is 4.22. The molecule has 0 unspecified atom stereocenters. The molecule has 2 heterocycles. The molecule has 6 aromatic carbocycles. The van der Waals surface area contributed by atoms with Crippen LogP contribution in [0.1, 0.15) is 43.2 Å². The van der Waals surface area contributed by atoms with Crippen molar-refractivity contribution in [2.24, 2.45) is 0 Å². The van der Waals surface area contributed by atoms with E-state index in [1.54, 1.807) is 0 Å². The fraction of sp³-hybridized carbons (Fsp3) is 0.0870. The van der Waals surface area contributed by atoms with Crippen LogP contribution in [-0.4, -0.2) is 4.57 Å². The number of hydrogen-bond acceptors (Lipinski definition) is 2. The Hall–Kier alpha value is -5.64. The lowest BCUT2D eigenvalue weighted by atomic mass is 9.82. The topological polar surface area (TPSA) is 8.17 Å². The van der Waals surface area contributed by atoms with Crippen LogP contribution in [0.25, 0.3) is 60.0 Å². The molecule has 8 aromatic rings. The van der Waals surface area contributed by atoms with Gasteiger partial charge in [0.2, 0.25) is 0 Å². The van der Waals surface area contributed by atoms with E-state index in [0.29, 0.717) is 0 Å². The molecular weight excluding hydrogens is 613 g/mol. The summed E-state index contributed by atoms with van der Waals surface area (Å²) in [6, 6.07) is 49.0. The van der Waals surface area contributed by atoms with Crippen molar-refractivity contribution in [3.05, 3.63) is 168 Å². The van der Waals surface area contributed by atoms with Gasteiger partial charge in [-0.15, -0.1) is 11.3 Å². The summed E-state index contributed by atoms with van der Waals surface area (Å²) >= 11 is 1.86. The number of hydrogen-bond donors (Lipinski definition) is 0. The van der Waals surface area contributed by atoms with Gasteiger partial charge in [-0.1, -0.05) is 105 Å². The zero-order valence-electron chi connectivity index (χ0n) is 27.9. The fourth-order valence-corrected chi connectivity index (χ4v) is 9.13. The number of fused-ring (bicyclic) bond motifs is 7. The quantitative estimate of drug-likeness (QED) is 0.174. The number of nitrogens with zero attached hydrogens (tertiary/aromatic N) is 2. The monoisotopic (exact) mass is 648 g/mol. The molecule has 1 aliphatic carbocycles. The maximum atomic E-state index is 4.22. The largest absolute Gasteiger partial charge is 0.310 e. The highest BCUT2D eigenvalue weighted by molar-refractivity contribution is 7.25. The van der Waals surface area contributed by atoms with E-state index in [9.17, 15) is 0 Å². The highest BCUT2D eigenvalue weighted by Crippen LogP contribution is 2.53. The summed E-state index contributed by atoms with van der Waals surface area (Å²) in [6.07, 6.45) is 6.33. The number of allylic oxidation sites excluding steroid dienone is 1. The highest BCUT2D eigenvalue weighted by Gasteiger charge is 2.38. The molecule has 9 rings (SSSR count). The van der Waals surface area contributed by atoms with Crippen LogP contribution in [0.15, 0.2) is 146 Å². The molecule has 2 nitrogen and oxygen atoms in total. The summed E-state index contributed by atoms with van der Waals surface area (Å²) in [7, 11) is 0. The van der Waals surface area contributed by atoms with Gasteiger partial charge in [0.05, 0.1) is 16.9 Å². The van der Waals surface area contributed by atoms with Crippen LogP contribution in [-0.2, 0) is 5.41 Å². The first kappa shape index (κ1) is 29.5. The standard InChI is InChI=1S/C46H36N2S/c1-5-15-40-33(6-2)34-18-10-12-21-41(34)48(40)42-22-14-20-38-45(42)36-26-24-32(29-39(36)46(38,3)4)47(30-16-8-7-9-17-30)31-25-27-44-37(28-31)35-19-11-13-23-43(35)49-44/h5-29H,2H2,1,3-4H3/b15-5-. The van der Waals surface area contributed by atoms with Crippen molar-refractivity contribution in [3.63, 3.8) is 0 Å². The van der Waals surface area contributed by atoms with Gasteiger partial charge in [-0.3, -0.25) is 0 Å². The van der Waals surface area contributed by atoms with Crippen molar-refractivity contribution >= 4 is 71.6 Å². The van der Waals surface area contributed by atoms with Crippen LogP contribution in [0, 0.1) is 0 Å². The third-order valence-electron chi connectivity index (χ3n) is 10.3. The summed E-state index contributed by atoms with van der Waals surface area (Å²) in [5.74, 6) is 0. The second-order valence-corrected chi connectivity index (χ2v) is 14.4. The van der Waals surface area contributed by atoms with Gasteiger partial charge in [0.25, 0.3) is 0 Å². The molecule has 0 fully saturated rings. The number of anilines is 3. The predicted molar refractivity (Wildman–Crippen MR) is 213 cm³/mol. The first-order valence-corrected chi connectivity index (χ1v) is 17.7. The Labute approximate surface area is 291 Å². The molecule has 0 saturated carbocycles. The van der Waals surface area contributed by atoms with Crippen molar-refractivity contribution in [1.29, 1.82) is 0 Å². The van der Waals surface area contributed by atoms with Gasteiger partial charge in [0, 0.05) is 59.2 Å². The Morgan fingerprint density at radius 2 is 1.37 bits per heavy atom. The molecular formula is C46H36N2S. The minimum absolute atomic E-state index is 0.197. The number of benzene rings is 6. The van der Waals surface area contributed by atoms with E-state index in [2.05, 4.69) is 182 Å². The number of para-hydroxylation sites is 2. The van der Waals surface area contributed by atoms with E-state index in [0.717, 1.165) is 28.3 Å². The summed E-state index contributed by atoms with van der Waals surface area (Å²) in [6.45, 7) is 11.0. The van der Waals surface area contributed by atoms with E-state index < -0.39 is 0 Å². The van der Waals surface area contributed by atoms with E-state index >= 15 is 0 Å². The fourth-order valence-electron chi connectivity index (χ4n) is 8.04. The van der Waals surface area contributed by atoms with E-state index in [-0.39, 0.29) is 5.41 Å². The first-order valence-electron chi connectivity index (χ1n) is 16.9. The second kappa shape index (κ2) is 11.2. The Morgan fingerprint density at radius 3 is 2.18 bits per heavy atom. The summed E-state index contributed by atoms with van der Waals surface area (Å²) < 4.78 is 5.06. The minimum atomic E-state index is -0.197. The molecule has 0 radical (unpaired) electrons. The van der Waals surface area contributed by atoms with Crippen molar-refractivity contribution < 1.29 is 0 Å². The molecule has 3 heteroatoms. The van der Waals surface area contributed by atoms with Crippen molar-refractivity contribution in [1.82, 2.24) is 4.57 Å². The zero-order valence-corrected chi connectivity index (χ0v) is 28.8. The predicted octanol–water partition coefficient (Wildman–Crippen LogP) is 13.5. The number of thiophene rings is 1. The molecule has 236 valence electrons. The molecule has 0 spiro atoms. The normalized spacial score (nSPS) is 13.4. The molecule has 0 N–H and O–H groups in total. The van der Waals surface area contributed by atoms with Gasteiger partial charge in [-0.25, -0.2) is 0 Å². The molecule has 0 saturated heterocycles. The maximum Gasteiger partial charge on any atom is 0.0543 e. The third-order valence-corrected chi connectivity index (χ3v) is 11.4. The van der Waals surface area contributed by atoms with E-state index in [1.807, 2.05) is 17.4 Å². The van der Waals surface area contributed by atoms with Gasteiger partial charge in [0.1, 0.15) is 0 Å². The molecule has 49 heavy (non-hydrogen) atoms. The van der Waals surface area contributed by atoms with Crippen molar-refractivity contribution in [2.75, 3.05) is 4.90 Å². The number of rotatable bonds is 6. The summed E-state index contributed by atoms with van der Waals surface area (Å²) in [5.41, 5.74) is 13.2. The summed E-state index contributed by atoms with van der Waals surface area (Å²) in [5, 5.41) is 3.82. The number of aromatic nitrogens is 1. The zero-order chi connectivity index (χ0) is 33.3. The Morgan fingerprint density at radius 1 is 0.653 bits per heavy atom. The highest BCUT2D eigenvalue weighted by atomic mass is 32.1. The van der Waals surface area contributed by atoms with E-state index in [4.69, 9.17) is 0 Å². The molecule has 0 aliphatic heterocycles. The smallest absolute Gasteiger partial charge is 0.0543 e. The van der Waals surface area contributed by atoms with E-state index in [1.165, 1.54) is 59.0 Å². The lowest BCUT2D eigenvalue weighted by Gasteiger charge is -2.28. The van der Waals surface area contributed by atoms with Gasteiger partial charge >= 0.3 is 0 Å². The minimum Gasteiger partial charge on any atom is -0.310 e. The van der Waals surface area contributed by atoms with Crippen LogP contribution in [0.2, 0.25) is 0 Å². The third kappa shape index (κ3) is 4.39. The lowest BCUT2D eigenvalue weighted by Crippen LogP contribution is -2.16. The van der Waals surface area contributed by atoms with Crippen molar-refractivity contribution in [3.8, 4) is 16.8 Å². The van der Waals surface area contributed by atoms with Gasteiger partial charge < -0.3 is 9.47 Å².